The van der Waals surface area contributed by atoms with E-state index >= 15 is 0 Å². The number of furan rings is 1. The highest BCUT2D eigenvalue weighted by molar-refractivity contribution is 9.09. The van der Waals surface area contributed by atoms with Crippen LogP contribution in [0, 0.1) is 6.92 Å². The van der Waals surface area contributed by atoms with E-state index < -0.39 is 0 Å². The summed E-state index contributed by atoms with van der Waals surface area (Å²) in [5.41, 5.74) is 1.91. The standard InChI is InChI=1S/C13H14BrNO2/c1-9-3-4-11-10(7-9)8-12(17-11)13(16)15(2)6-5-14/h3-4,7-8H,5-6H2,1-2H3. The molecule has 2 aromatic rings. The molecule has 0 radical (unpaired) electrons. The Balaban J connectivity index is 2.33. The lowest BCUT2D eigenvalue weighted by Crippen LogP contribution is -2.27. The second kappa shape index (κ2) is 4.92. The van der Waals surface area contributed by atoms with E-state index in [-0.39, 0.29) is 5.91 Å². The van der Waals surface area contributed by atoms with Crippen molar-refractivity contribution >= 4 is 32.8 Å². The van der Waals surface area contributed by atoms with E-state index in [1.807, 2.05) is 25.1 Å². The fraction of sp³-hybridized carbons (Fsp3) is 0.308. The summed E-state index contributed by atoms with van der Waals surface area (Å²) >= 11 is 3.31. The Hall–Kier alpha value is -1.29. The first-order valence-corrected chi connectivity index (χ1v) is 6.55. The monoisotopic (exact) mass is 295 g/mol. The van der Waals surface area contributed by atoms with Crippen LogP contribution in [0.15, 0.2) is 28.7 Å². The molecule has 0 aliphatic rings. The Kier molecular flexibility index (Phi) is 3.52. The van der Waals surface area contributed by atoms with E-state index in [1.54, 1.807) is 18.0 Å². The van der Waals surface area contributed by atoms with E-state index in [2.05, 4.69) is 15.9 Å². The molecule has 0 aliphatic heterocycles. The summed E-state index contributed by atoms with van der Waals surface area (Å²) in [6.07, 6.45) is 0. The Morgan fingerprint density at radius 2 is 2.18 bits per heavy atom. The van der Waals surface area contributed by atoms with Gasteiger partial charge in [0.1, 0.15) is 5.58 Å². The molecule has 0 spiro atoms. The number of carbonyl (C=O) groups is 1. The molecule has 90 valence electrons. The van der Waals surface area contributed by atoms with E-state index in [4.69, 9.17) is 4.42 Å². The molecule has 1 amide bonds. The number of carbonyl (C=O) groups excluding carboxylic acids is 1. The van der Waals surface area contributed by atoms with Gasteiger partial charge in [0, 0.05) is 24.3 Å². The molecule has 3 nitrogen and oxygen atoms in total. The third-order valence-electron chi connectivity index (χ3n) is 2.65. The quantitative estimate of drug-likeness (QED) is 0.815. The largest absolute Gasteiger partial charge is 0.451 e. The maximum Gasteiger partial charge on any atom is 0.289 e. The highest BCUT2D eigenvalue weighted by Crippen LogP contribution is 2.21. The number of amides is 1. The van der Waals surface area contributed by atoms with Crippen LogP contribution in [0.3, 0.4) is 0 Å². The summed E-state index contributed by atoms with van der Waals surface area (Å²) in [6.45, 7) is 2.68. The van der Waals surface area contributed by atoms with Gasteiger partial charge in [0.25, 0.3) is 5.91 Å². The first kappa shape index (κ1) is 12.2. The molecular formula is C13H14BrNO2. The summed E-state index contributed by atoms with van der Waals surface area (Å²) in [4.78, 5) is 13.6. The van der Waals surface area contributed by atoms with Crippen molar-refractivity contribution in [3.05, 3.63) is 35.6 Å². The number of hydrogen-bond acceptors (Lipinski definition) is 2. The number of rotatable bonds is 3. The first-order chi connectivity index (χ1) is 8.11. The van der Waals surface area contributed by atoms with Gasteiger partial charge in [-0.25, -0.2) is 0 Å². The van der Waals surface area contributed by atoms with Crippen molar-refractivity contribution < 1.29 is 9.21 Å². The third-order valence-corrected chi connectivity index (χ3v) is 3.00. The molecule has 1 aromatic carbocycles. The minimum atomic E-state index is -0.0849. The SMILES string of the molecule is Cc1ccc2oc(C(=O)N(C)CCBr)cc2c1. The van der Waals surface area contributed by atoms with Gasteiger partial charge in [-0.05, 0) is 25.1 Å². The smallest absolute Gasteiger partial charge is 0.289 e. The molecule has 0 saturated heterocycles. The van der Waals surface area contributed by atoms with Gasteiger partial charge in [-0.3, -0.25) is 4.79 Å². The number of aryl methyl sites for hydroxylation is 1. The van der Waals surface area contributed by atoms with Crippen LogP contribution in [-0.2, 0) is 0 Å². The van der Waals surface area contributed by atoms with Crippen LogP contribution in [0.4, 0.5) is 0 Å². The first-order valence-electron chi connectivity index (χ1n) is 5.43. The summed E-state index contributed by atoms with van der Waals surface area (Å²) in [5, 5.41) is 1.73. The lowest BCUT2D eigenvalue weighted by atomic mass is 10.2. The van der Waals surface area contributed by atoms with Crippen molar-refractivity contribution in [2.45, 2.75) is 6.92 Å². The van der Waals surface area contributed by atoms with Crippen LogP contribution >= 0.6 is 15.9 Å². The zero-order valence-corrected chi connectivity index (χ0v) is 11.5. The second-order valence-electron chi connectivity index (χ2n) is 4.07. The molecule has 0 aliphatic carbocycles. The Bertz CT molecular complexity index is 547. The van der Waals surface area contributed by atoms with Crippen molar-refractivity contribution in [3.8, 4) is 0 Å². The Morgan fingerprint density at radius 3 is 2.88 bits per heavy atom. The molecule has 0 unspecified atom stereocenters. The zero-order chi connectivity index (χ0) is 12.4. The average Bonchev–Trinajstić information content (AvgIpc) is 2.71. The van der Waals surface area contributed by atoms with Gasteiger partial charge >= 0.3 is 0 Å². The molecule has 0 N–H and O–H groups in total. The summed E-state index contributed by atoms with van der Waals surface area (Å²) in [6, 6.07) is 7.68. The minimum absolute atomic E-state index is 0.0849. The Morgan fingerprint density at radius 1 is 1.41 bits per heavy atom. The molecule has 0 fully saturated rings. The number of nitrogens with zero attached hydrogens (tertiary/aromatic N) is 1. The molecule has 17 heavy (non-hydrogen) atoms. The maximum absolute atomic E-state index is 12.0. The zero-order valence-electron chi connectivity index (χ0n) is 9.87. The molecule has 1 heterocycles. The van der Waals surface area contributed by atoms with Gasteiger partial charge in [0.15, 0.2) is 5.76 Å². The van der Waals surface area contributed by atoms with Gasteiger partial charge in [-0.15, -0.1) is 0 Å². The number of hydrogen-bond donors (Lipinski definition) is 0. The summed E-state index contributed by atoms with van der Waals surface area (Å²) in [5.74, 6) is 0.312. The van der Waals surface area contributed by atoms with Gasteiger partial charge in [0.05, 0.1) is 0 Å². The van der Waals surface area contributed by atoms with Crippen molar-refractivity contribution in [1.29, 1.82) is 0 Å². The van der Waals surface area contributed by atoms with Gasteiger partial charge < -0.3 is 9.32 Å². The van der Waals surface area contributed by atoms with Crippen LogP contribution in [0.5, 0.6) is 0 Å². The number of halogens is 1. The van der Waals surface area contributed by atoms with E-state index in [1.165, 1.54) is 0 Å². The minimum Gasteiger partial charge on any atom is -0.451 e. The van der Waals surface area contributed by atoms with Crippen molar-refractivity contribution in [2.24, 2.45) is 0 Å². The van der Waals surface area contributed by atoms with Crippen molar-refractivity contribution in [1.82, 2.24) is 4.90 Å². The van der Waals surface area contributed by atoms with Crippen LogP contribution in [-0.4, -0.2) is 29.7 Å². The van der Waals surface area contributed by atoms with Crippen LogP contribution in [0.25, 0.3) is 11.0 Å². The van der Waals surface area contributed by atoms with Crippen molar-refractivity contribution in [3.63, 3.8) is 0 Å². The highest BCUT2D eigenvalue weighted by Gasteiger charge is 2.16. The fourth-order valence-corrected chi connectivity index (χ4v) is 2.22. The maximum atomic E-state index is 12.0. The predicted octanol–water partition coefficient (Wildman–Crippen LogP) is 3.21. The topological polar surface area (TPSA) is 33.5 Å². The van der Waals surface area contributed by atoms with E-state index in [9.17, 15) is 4.79 Å². The molecule has 0 atom stereocenters. The lowest BCUT2D eigenvalue weighted by Gasteiger charge is -2.13. The lowest BCUT2D eigenvalue weighted by molar-refractivity contribution is 0.0775. The molecular weight excluding hydrogens is 282 g/mol. The van der Waals surface area contributed by atoms with Gasteiger partial charge in [-0.1, -0.05) is 27.6 Å². The van der Waals surface area contributed by atoms with Crippen LogP contribution in [0.1, 0.15) is 16.1 Å². The second-order valence-corrected chi connectivity index (χ2v) is 4.86. The fourth-order valence-electron chi connectivity index (χ4n) is 1.68. The normalized spacial score (nSPS) is 10.8. The average molecular weight is 296 g/mol. The molecule has 0 bridgehead atoms. The van der Waals surface area contributed by atoms with Gasteiger partial charge in [0.2, 0.25) is 0 Å². The van der Waals surface area contributed by atoms with Crippen LogP contribution < -0.4 is 0 Å². The third kappa shape index (κ3) is 2.52. The molecule has 0 saturated carbocycles. The Labute approximate surface area is 109 Å². The molecule has 4 heteroatoms. The predicted molar refractivity (Wildman–Crippen MR) is 71.7 cm³/mol. The molecule has 2 rings (SSSR count). The van der Waals surface area contributed by atoms with Gasteiger partial charge in [-0.2, -0.15) is 0 Å². The summed E-state index contributed by atoms with van der Waals surface area (Å²) < 4.78 is 5.55. The molecule has 1 aromatic heterocycles. The highest BCUT2D eigenvalue weighted by atomic mass is 79.9. The van der Waals surface area contributed by atoms with Crippen LogP contribution in [0.2, 0.25) is 0 Å². The number of benzene rings is 1. The number of fused-ring (bicyclic) bond motifs is 1. The van der Waals surface area contributed by atoms with Crippen molar-refractivity contribution in [2.75, 3.05) is 18.9 Å². The summed E-state index contributed by atoms with van der Waals surface area (Å²) in [7, 11) is 1.77. The van der Waals surface area contributed by atoms with E-state index in [0.29, 0.717) is 12.3 Å². The number of alkyl halides is 1. The van der Waals surface area contributed by atoms with E-state index in [0.717, 1.165) is 21.9 Å².